The first kappa shape index (κ1) is 11.0. The topological polar surface area (TPSA) is 38.0 Å². The second-order valence-corrected chi connectivity index (χ2v) is 5.34. The maximum Gasteiger partial charge on any atom is -0.000988 e. The first-order valence-corrected chi connectivity index (χ1v) is 5.35. The molecule has 0 aliphatic heterocycles. The molecule has 2 heteroatoms. The van der Waals surface area contributed by atoms with Gasteiger partial charge in [0.2, 0.25) is 0 Å². The van der Waals surface area contributed by atoms with Crippen molar-refractivity contribution in [3.05, 3.63) is 0 Å². The van der Waals surface area contributed by atoms with E-state index in [2.05, 4.69) is 33.0 Å². The number of rotatable bonds is 5. The standard InChI is InChI=1S/C11H24N2/c1-10(2)9(11(10,3)4)8-13-7-5-6-12/h9,13H,5-8,12H2,1-4H3. The molecule has 78 valence electrons. The van der Waals surface area contributed by atoms with Crippen molar-refractivity contribution in [2.75, 3.05) is 19.6 Å². The lowest BCUT2D eigenvalue weighted by molar-refractivity contribution is 0.457. The summed E-state index contributed by atoms with van der Waals surface area (Å²) < 4.78 is 0. The third kappa shape index (κ3) is 1.89. The molecule has 0 aromatic heterocycles. The van der Waals surface area contributed by atoms with Crippen molar-refractivity contribution in [1.82, 2.24) is 5.32 Å². The lowest BCUT2D eigenvalue weighted by Gasteiger charge is -2.04. The minimum Gasteiger partial charge on any atom is -0.330 e. The molecule has 0 aromatic rings. The highest BCUT2D eigenvalue weighted by Gasteiger charge is 2.63. The lowest BCUT2D eigenvalue weighted by Crippen LogP contribution is -2.22. The van der Waals surface area contributed by atoms with Crippen LogP contribution in [-0.2, 0) is 0 Å². The number of nitrogens with one attached hydrogen (secondary N) is 1. The van der Waals surface area contributed by atoms with Crippen LogP contribution in [0.5, 0.6) is 0 Å². The van der Waals surface area contributed by atoms with Gasteiger partial charge in [-0.3, -0.25) is 0 Å². The van der Waals surface area contributed by atoms with Gasteiger partial charge in [-0.1, -0.05) is 27.7 Å². The van der Waals surface area contributed by atoms with Crippen molar-refractivity contribution in [1.29, 1.82) is 0 Å². The van der Waals surface area contributed by atoms with E-state index in [1.54, 1.807) is 0 Å². The molecule has 1 aliphatic carbocycles. The second kappa shape index (κ2) is 3.58. The highest BCUT2D eigenvalue weighted by Crippen LogP contribution is 2.67. The van der Waals surface area contributed by atoms with E-state index in [0.717, 1.165) is 32.0 Å². The first-order valence-electron chi connectivity index (χ1n) is 5.35. The molecule has 0 heterocycles. The zero-order valence-electron chi connectivity index (χ0n) is 9.48. The van der Waals surface area contributed by atoms with Crippen LogP contribution in [0.25, 0.3) is 0 Å². The molecule has 1 aliphatic rings. The molecule has 0 aromatic carbocycles. The van der Waals surface area contributed by atoms with Crippen LogP contribution in [0.4, 0.5) is 0 Å². The highest BCUT2D eigenvalue weighted by molar-refractivity contribution is 5.12. The maximum absolute atomic E-state index is 5.43. The van der Waals surface area contributed by atoms with Gasteiger partial charge in [-0.15, -0.1) is 0 Å². The highest BCUT2D eigenvalue weighted by atomic mass is 14.9. The van der Waals surface area contributed by atoms with Gasteiger partial charge in [0.15, 0.2) is 0 Å². The van der Waals surface area contributed by atoms with Crippen LogP contribution in [0.2, 0.25) is 0 Å². The summed E-state index contributed by atoms with van der Waals surface area (Å²) in [5.74, 6) is 0.831. The number of hydrogen-bond acceptors (Lipinski definition) is 2. The lowest BCUT2D eigenvalue weighted by atomic mass is 10.0. The van der Waals surface area contributed by atoms with Crippen molar-refractivity contribution >= 4 is 0 Å². The predicted molar refractivity (Wildman–Crippen MR) is 57.6 cm³/mol. The Balaban J connectivity index is 2.19. The van der Waals surface area contributed by atoms with Gasteiger partial charge < -0.3 is 11.1 Å². The van der Waals surface area contributed by atoms with Crippen molar-refractivity contribution in [2.45, 2.75) is 34.1 Å². The summed E-state index contributed by atoms with van der Waals surface area (Å²) in [4.78, 5) is 0. The summed E-state index contributed by atoms with van der Waals surface area (Å²) in [7, 11) is 0. The van der Waals surface area contributed by atoms with Crippen LogP contribution in [-0.4, -0.2) is 19.6 Å². The Morgan fingerprint density at radius 2 is 1.69 bits per heavy atom. The minimum absolute atomic E-state index is 0.517. The van der Waals surface area contributed by atoms with Crippen LogP contribution in [0, 0.1) is 16.7 Å². The summed E-state index contributed by atoms with van der Waals surface area (Å²) in [5.41, 5.74) is 6.46. The summed E-state index contributed by atoms with van der Waals surface area (Å²) in [5, 5.41) is 3.48. The fourth-order valence-electron chi connectivity index (χ4n) is 2.32. The molecule has 2 nitrogen and oxygen atoms in total. The van der Waals surface area contributed by atoms with Gasteiger partial charge in [-0.05, 0) is 42.8 Å². The van der Waals surface area contributed by atoms with Gasteiger partial charge >= 0.3 is 0 Å². The molecule has 0 atom stereocenters. The van der Waals surface area contributed by atoms with E-state index in [9.17, 15) is 0 Å². The normalized spacial score (nSPS) is 24.7. The molecule has 0 amide bonds. The zero-order chi connectivity index (χ0) is 10.1. The average molecular weight is 184 g/mol. The van der Waals surface area contributed by atoms with Gasteiger partial charge in [0.1, 0.15) is 0 Å². The third-order valence-electron chi connectivity index (χ3n) is 4.23. The molecule has 1 fully saturated rings. The second-order valence-electron chi connectivity index (χ2n) is 5.34. The molecular formula is C11H24N2. The van der Waals surface area contributed by atoms with Gasteiger partial charge in [0.25, 0.3) is 0 Å². The summed E-state index contributed by atoms with van der Waals surface area (Å²) in [6, 6.07) is 0. The van der Waals surface area contributed by atoms with Crippen LogP contribution in [0.15, 0.2) is 0 Å². The Labute approximate surface area is 82.3 Å². The van der Waals surface area contributed by atoms with E-state index in [4.69, 9.17) is 5.73 Å². The van der Waals surface area contributed by atoms with E-state index in [1.165, 1.54) is 0 Å². The van der Waals surface area contributed by atoms with E-state index < -0.39 is 0 Å². The van der Waals surface area contributed by atoms with Crippen molar-refractivity contribution in [3.63, 3.8) is 0 Å². The summed E-state index contributed by atoms with van der Waals surface area (Å²) in [6.45, 7) is 12.5. The molecule has 1 rings (SSSR count). The largest absolute Gasteiger partial charge is 0.330 e. The Kier molecular flexibility index (Phi) is 3.03. The van der Waals surface area contributed by atoms with Crippen LogP contribution in [0.3, 0.4) is 0 Å². The van der Waals surface area contributed by atoms with E-state index in [1.807, 2.05) is 0 Å². The Bertz CT molecular complexity index is 159. The van der Waals surface area contributed by atoms with E-state index in [-0.39, 0.29) is 0 Å². The predicted octanol–water partition coefficient (Wildman–Crippen LogP) is 1.61. The summed E-state index contributed by atoms with van der Waals surface area (Å²) in [6.07, 6.45) is 1.09. The zero-order valence-corrected chi connectivity index (χ0v) is 9.48. The fraction of sp³-hybridized carbons (Fsp3) is 1.00. The molecule has 0 saturated heterocycles. The molecule has 0 radical (unpaired) electrons. The van der Waals surface area contributed by atoms with E-state index >= 15 is 0 Å². The van der Waals surface area contributed by atoms with Crippen LogP contribution < -0.4 is 11.1 Å². The third-order valence-corrected chi connectivity index (χ3v) is 4.23. The molecule has 13 heavy (non-hydrogen) atoms. The molecule has 0 spiro atoms. The molecule has 1 saturated carbocycles. The number of hydrogen-bond donors (Lipinski definition) is 2. The molecule has 0 bridgehead atoms. The smallest absolute Gasteiger partial charge is 0.000988 e. The van der Waals surface area contributed by atoms with Crippen LogP contribution in [0.1, 0.15) is 34.1 Å². The van der Waals surface area contributed by atoms with Gasteiger partial charge in [0.05, 0.1) is 0 Å². The number of nitrogens with two attached hydrogens (primary N) is 1. The van der Waals surface area contributed by atoms with Gasteiger partial charge in [-0.25, -0.2) is 0 Å². The van der Waals surface area contributed by atoms with Crippen molar-refractivity contribution < 1.29 is 0 Å². The van der Waals surface area contributed by atoms with E-state index in [0.29, 0.717) is 10.8 Å². The summed E-state index contributed by atoms with van der Waals surface area (Å²) >= 11 is 0. The molecule has 3 N–H and O–H groups in total. The van der Waals surface area contributed by atoms with Crippen molar-refractivity contribution in [3.8, 4) is 0 Å². The quantitative estimate of drug-likeness (QED) is 0.637. The first-order chi connectivity index (χ1) is 5.94. The minimum atomic E-state index is 0.517. The molecular weight excluding hydrogens is 160 g/mol. The Hall–Kier alpha value is -0.0800. The SMILES string of the molecule is CC1(C)C(CNCCCN)C1(C)C. The monoisotopic (exact) mass is 184 g/mol. The van der Waals surface area contributed by atoms with Gasteiger partial charge in [0, 0.05) is 0 Å². The van der Waals surface area contributed by atoms with Crippen LogP contribution >= 0.6 is 0 Å². The van der Waals surface area contributed by atoms with Gasteiger partial charge in [-0.2, -0.15) is 0 Å². The fourth-order valence-corrected chi connectivity index (χ4v) is 2.32. The Morgan fingerprint density at radius 3 is 2.08 bits per heavy atom. The Morgan fingerprint density at radius 1 is 1.15 bits per heavy atom. The van der Waals surface area contributed by atoms with Crippen molar-refractivity contribution in [2.24, 2.45) is 22.5 Å². The average Bonchev–Trinajstić information content (AvgIpc) is 2.39. The molecule has 0 unspecified atom stereocenters. The maximum atomic E-state index is 5.43.